The third-order valence-electron chi connectivity index (χ3n) is 4.88. The van der Waals surface area contributed by atoms with Gasteiger partial charge in [0.25, 0.3) is 0 Å². The van der Waals surface area contributed by atoms with E-state index < -0.39 is 0 Å². The van der Waals surface area contributed by atoms with Crippen molar-refractivity contribution in [1.29, 1.82) is 0 Å². The molecule has 2 aliphatic rings. The summed E-state index contributed by atoms with van der Waals surface area (Å²) in [6.45, 7) is 0. The number of nitrogens with two attached hydrogens (primary N) is 1. The lowest BCUT2D eigenvalue weighted by Gasteiger charge is -2.21. The van der Waals surface area contributed by atoms with E-state index >= 15 is 0 Å². The average molecular weight is 274 g/mol. The van der Waals surface area contributed by atoms with E-state index in [-0.39, 0.29) is 0 Å². The second-order valence-electron chi connectivity index (χ2n) is 6.43. The van der Waals surface area contributed by atoms with E-state index in [1.807, 2.05) is 0 Å². The molecule has 4 heteroatoms. The number of nitrogen functional groups attached to an aromatic ring is 1. The molecule has 0 spiro atoms. The highest BCUT2D eigenvalue weighted by Crippen LogP contribution is 2.33. The van der Waals surface area contributed by atoms with E-state index in [2.05, 4.69) is 9.97 Å². The molecule has 0 unspecified atom stereocenters. The smallest absolute Gasteiger partial charge is 0.223 e. The van der Waals surface area contributed by atoms with Crippen molar-refractivity contribution in [3.05, 3.63) is 11.6 Å². The van der Waals surface area contributed by atoms with Crippen molar-refractivity contribution in [2.45, 2.75) is 82.5 Å². The van der Waals surface area contributed by atoms with Gasteiger partial charge in [-0.1, -0.05) is 44.9 Å². The fourth-order valence-corrected chi connectivity index (χ4v) is 3.69. The van der Waals surface area contributed by atoms with Gasteiger partial charge < -0.3 is 5.73 Å². The van der Waals surface area contributed by atoms with Gasteiger partial charge in [-0.25, -0.2) is 4.98 Å². The van der Waals surface area contributed by atoms with Crippen molar-refractivity contribution in [3.63, 3.8) is 0 Å². The molecule has 0 saturated heterocycles. The van der Waals surface area contributed by atoms with Crippen LogP contribution in [-0.4, -0.2) is 15.0 Å². The maximum absolute atomic E-state index is 5.95. The molecule has 0 bridgehead atoms. The fourth-order valence-electron chi connectivity index (χ4n) is 3.69. The lowest BCUT2D eigenvalue weighted by Crippen LogP contribution is -2.15. The Morgan fingerprint density at radius 2 is 1.00 bits per heavy atom. The first-order valence-corrected chi connectivity index (χ1v) is 8.34. The Bertz CT molecular complexity index is 432. The molecule has 0 aromatic carbocycles. The van der Waals surface area contributed by atoms with Crippen LogP contribution in [-0.2, 0) is 0 Å². The quantitative estimate of drug-likeness (QED) is 0.830. The van der Waals surface area contributed by atoms with Gasteiger partial charge in [-0.15, -0.1) is 0 Å². The van der Waals surface area contributed by atoms with Gasteiger partial charge in [0.15, 0.2) is 0 Å². The Morgan fingerprint density at radius 1 is 0.600 bits per heavy atom. The number of hydrogen-bond donors (Lipinski definition) is 1. The number of aromatic nitrogens is 3. The SMILES string of the molecule is Nc1nc(C2CCCCCC2)nc(C2CCCCC2)n1. The summed E-state index contributed by atoms with van der Waals surface area (Å²) in [6.07, 6.45) is 14.1. The maximum Gasteiger partial charge on any atom is 0.223 e. The molecular weight excluding hydrogens is 248 g/mol. The minimum absolute atomic E-state index is 0.430. The zero-order chi connectivity index (χ0) is 13.8. The second-order valence-corrected chi connectivity index (χ2v) is 6.43. The van der Waals surface area contributed by atoms with E-state index in [1.54, 1.807) is 0 Å². The minimum atomic E-state index is 0.430. The van der Waals surface area contributed by atoms with Gasteiger partial charge in [0.05, 0.1) is 0 Å². The summed E-state index contributed by atoms with van der Waals surface area (Å²) >= 11 is 0. The molecule has 2 fully saturated rings. The molecule has 3 rings (SSSR count). The summed E-state index contributed by atoms with van der Waals surface area (Å²) in [5.41, 5.74) is 5.95. The highest BCUT2D eigenvalue weighted by atomic mass is 15.1. The van der Waals surface area contributed by atoms with E-state index in [4.69, 9.17) is 10.7 Å². The molecule has 2 aliphatic carbocycles. The molecule has 2 N–H and O–H groups in total. The number of nitrogens with zero attached hydrogens (tertiary/aromatic N) is 3. The summed E-state index contributed by atoms with van der Waals surface area (Å²) in [6, 6.07) is 0. The molecule has 0 aliphatic heterocycles. The predicted octanol–water partition coefficient (Wildman–Crippen LogP) is 3.94. The minimum Gasteiger partial charge on any atom is -0.368 e. The van der Waals surface area contributed by atoms with Gasteiger partial charge in [-0.2, -0.15) is 9.97 Å². The zero-order valence-electron chi connectivity index (χ0n) is 12.4. The first-order valence-electron chi connectivity index (χ1n) is 8.34. The molecule has 0 atom stereocenters. The summed E-state index contributed by atoms with van der Waals surface area (Å²) < 4.78 is 0. The van der Waals surface area contributed by atoms with Gasteiger partial charge in [0.1, 0.15) is 11.6 Å². The van der Waals surface area contributed by atoms with Crippen LogP contribution >= 0.6 is 0 Å². The van der Waals surface area contributed by atoms with Crippen LogP contribution in [0.5, 0.6) is 0 Å². The second kappa shape index (κ2) is 6.51. The maximum atomic E-state index is 5.95. The van der Waals surface area contributed by atoms with Crippen LogP contribution in [0.3, 0.4) is 0 Å². The number of anilines is 1. The van der Waals surface area contributed by atoms with Crippen LogP contribution in [0.1, 0.15) is 94.1 Å². The van der Waals surface area contributed by atoms with Crippen molar-refractivity contribution in [3.8, 4) is 0 Å². The molecule has 1 aromatic heterocycles. The number of rotatable bonds is 2. The predicted molar refractivity (Wildman–Crippen MR) is 80.5 cm³/mol. The first-order chi connectivity index (χ1) is 9.83. The van der Waals surface area contributed by atoms with E-state index in [0.717, 1.165) is 11.6 Å². The zero-order valence-corrected chi connectivity index (χ0v) is 12.4. The molecule has 4 nitrogen and oxygen atoms in total. The van der Waals surface area contributed by atoms with Crippen LogP contribution in [0.15, 0.2) is 0 Å². The van der Waals surface area contributed by atoms with E-state index in [9.17, 15) is 0 Å². The summed E-state index contributed by atoms with van der Waals surface area (Å²) in [5.74, 6) is 3.39. The topological polar surface area (TPSA) is 64.7 Å². The highest BCUT2D eigenvalue weighted by molar-refractivity contribution is 5.19. The van der Waals surface area contributed by atoms with Gasteiger partial charge >= 0.3 is 0 Å². The molecule has 110 valence electrons. The van der Waals surface area contributed by atoms with E-state index in [0.29, 0.717) is 17.8 Å². The van der Waals surface area contributed by atoms with Crippen molar-refractivity contribution in [1.82, 2.24) is 15.0 Å². The lowest BCUT2D eigenvalue weighted by atomic mass is 9.88. The van der Waals surface area contributed by atoms with Crippen LogP contribution in [0.25, 0.3) is 0 Å². The fraction of sp³-hybridized carbons (Fsp3) is 0.812. The first kappa shape index (κ1) is 13.8. The van der Waals surface area contributed by atoms with Crippen LogP contribution in [0, 0.1) is 0 Å². The molecule has 0 amide bonds. The standard InChI is InChI=1S/C16H26N4/c17-16-19-14(12-8-4-1-2-5-9-12)18-15(20-16)13-10-6-3-7-11-13/h12-13H,1-11H2,(H2,17,18,19,20). The largest absolute Gasteiger partial charge is 0.368 e. The van der Waals surface area contributed by atoms with E-state index in [1.165, 1.54) is 70.6 Å². The Labute approximate surface area is 121 Å². The highest BCUT2D eigenvalue weighted by Gasteiger charge is 2.23. The molecular formula is C16H26N4. The normalized spacial score (nSPS) is 22.6. The molecule has 20 heavy (non-hydrogen) atoms. The lowest BCUT2D eigenvalue weighted by molar-refractivity contribution is 0.424. The molecule has 1 aromatic rings. The Kier molecular flexibility index (Phi) is 4.48. The summed E-state index contributed by atoms with van der Waals surface area (Å²) in [5, 5.41) is 0. The molecule has 1 heterocycles. The van der Waals surface area contributed by atoms with Gasteiger partial charge in [0, 0.05) is 11.8 Å². The van der Waals surface area contributed by atoms with Crippen LogP contribution in [0.2, 0.25) is 0 Å². The van der Waals surface area contributed by atoms with Crippen LogP contribution < -0.4 is 5.73 Å². The van der Waals surface area contributed by atoms with Crippen molar-refractivity contribution >= 4 is 5.95 Å². The average Bonchev–Trinajstić information content (AvgIpc) is 2.77. The van der Waals surface area contributed by atoms with Gasteiger partial charge in [-0.05, 0) is 25.7 Å². The third-order valence-corrected chi connectivity index (χ3v) is 4.88. The molecule has 0 radical (unpaired) electrons. The van der Waals surface area contributed by atoms with Gasteiger partial charge in [-0.3, -0.25) is 0 Å². The summed E-state index contributed by atoms with van der Waals surface area (Å²) in [7, 11) is 0. The Hall–Kier alpha value is -1.19. The monoisotopic (exact) mass is 274 g/mol. The molecule has 2 saturated carbocycles. The van der Waals surface area contributed by atoms with Crippen LogP contribution in [0.4, 0.5) is 5.95 Å². The summed E-state index contributed by atoms with van der Waals surface area (Å²) in [4.78, 5) is 13.7. The van der Waals surface area contributed by atoms with Crippen molar-refractivity contribution in [2.75, 3.05) is 5.73 Å². The third kappa shape index (κ3) is 3.28. The van der Waals surface area contributed by atoms with Crippen molar-refractivity contribution in [2.24, 2.45) is 0 Å². The Morgan fingerprint density at radius 3 is 1.45 bits per heavy atom. The number of hydrogen-bond acceptors (Lipinski definition) is 4. The Balaban J connectivity index is 1.81. The van der Waals surface area contributed by atoms with Crippen molar-refractivity contribution < 1.29 is 0 Å². The van der Waals surface area contributed by atoms with Gasteiger partial charge in [0.2, 0.25) is 5.95 Å².